The van der Waals surface area contributed by atoms with Gasteiger partial charge in [0.2, 0.25) is 0 Å². The van der Waals surface area contributed by atoms with Crippen LogP contribution in [-0.4, -0.2) is 0 Å². The van der Waals surface area contributed by atoms with E-state index in [0.717, 1.165) is 11.0 Å². The third kappa shape index (κ3) is 1.37. The molecule has 0 aliphatic carbocycles. The quantitative estimate of drug-likeness (QED) is 0.591. The molecule has 0 aliphatic heterocycles. The fourth-order valence-corrected chi connectivity index (χ4v) is 1.25. The van der Waals surface area contributed by atoms with Gasteiger partial charge < -0.3 is 15.4 Å². The first-order chi connectivity index (χ1) is 6.81. The normalized spacial score (nSPS) is 10.0. The highest BCUT2D eigenvalue weighted by Gasteiger charge is 2.02. The van der Waals surface area contributed by atoms with Crippen LogP contribution in [0.5, 0.6) is 0 Å². The monoisotopic (exact) mass is 186 g/mol. The Morgan fingerprint density at radius 3 is 2.93 bits per heavy atom. The lowest BCUT2D eigenvalue weighted by Crippen LogP contribution is -1.98. The van der Waals surface area contributed by atoms with Gasteiger partial charge in [-0.1, -0.05) is 24.8 Å². The van der Waals surface area contributed by atoms with Crippen LogP contribution < -0.4 is 5.43 Å². The minimum atomic E-state index is 0.420. The summed E-state index contributed by atoms with van der Waals surface area (Å²) in [5, 5.41) is 3.76. The first-order valence-electron chi connectivity index (χ1n) is 4.09. The van der Waals surface area contributed by atoms with E-state index >= 15 is 0 Å². The molecule has 4 heteroatoms. The summed E-state index contributed by atoms with van der Waals surface area (Å²) in [6, 6.07) is 9.44. The summed E-state index contributed by atoms with van der Waals surface area (Å²) in [5.74, 6) is 0.559. The first kappa shape index (κ1) is 8.50. The Balaban J connectivity index is 2.44. The Morgan fingerprint density at radius 2 is 2.21 bits per heavy atom. The summed E-state index contributed by atoms with van der Waals surface area (Å²) >= 11 is 0. The number of benzene rings is 1. The maximum atomic E-state index is 8.28. The van der Waals surface area contributed by atoms with E-state index in [2.05, 4.69) is 17.2 Å². The summed E-state index contributed by atoms with van der Waals surface area (Å²) in [7, 11) is 0. The van der Waals surface area contributed by atoms with Gasteiger partial charge in [-0.05, 0) is 12.1 Å². The van der Waals surface area contributed by atoms with E-state index in [4.69, 9.17) is 9.95 Å². The summed E-state index contributed by atoms with van der Waals surface area (Å²) in [5.41, 5.74) is 11.8. The van der Waals surface area contributed by atoms with Crippen molar-refractivity contribution in [1.82, 2.24) is 5.43 Å². The second kappa shape index (κ2) is 3.33. The second-order valence-corrected chi connectivity index (χ2v) is 2.84. The average Bonchev–Trinajstić information content (AvgIpc) is 2.61. The van der Waals surface area contributed by atoms with Crippen LogP contribution in [0, 0.1) is 0 Å². The van der Waals surface area contributed by atoms with Gasteiger partial charge in [-0.15, -0.1) is 0 Å². The maximum Gasteiger partial charge on any atom is 0.134 e. The molecule has 4 nitrogen and oxygen atoms in total. The smallest absolute Gasteiger partial charge is 0.134 e. The average molecular weight is 186 g/mol. The van der Waals surface area contributed by atoms with Crippen LogP contribution in [0.15, 0.2) is 46.6 Å². The van der Waals surface area contributed by atoms with Crippen LogP contribution in [0.25, 0.3) is 22.2 Å². The van der Waals surface area contributed by atoms with Crippen molar-refractivity contribution in [1.29, 1.82) is 0 Å². The van der Waals surface area contributed by atoms with Crippen LogP contribution >= 0.6 is 0 Å². The number of furan rings is 1. The number of hydrogen-bond acceptors (Lipinski definition) is 2. The number of nitrogens with zero attached hydrogens (tertiary/aromatic N) is 2. The molecule has 0 fully saturated rings. The number of hydrogen-bond donors (Lipinski definition) is 1. The van der Waals surface area contributed by atoms with Gasteiger partial charge in [0, 0.05) is 11.1 Å². The largest absolute Gasteiger partial charge is 0.456 e. The van der Waals surface area contributed by atoms with E-state index in [9.17, 15) is 0 Å². The Morgan fingerprint density at radius 1 is 1.43 bits per heavy atom. The van der Waals surface area contributed by atoms with Gasteiger partial charge in [0.1, 0.15) is 11.3 Å². The summed E-state index contributed by atoms with van der Waals surface area (Å²) < 4.78 is 5.45. The third-order valence-electron chi connectivity index (χ3n) is 1.91. The number of para-hydroxylation sites is 1. The van der Waals surface area contributed by atoms with Crippen LogP contribution in [0.4, 0.5) is 0 Å². The molecule has 1 aromatic heterocycles. The highest BCUT2D eigenvalue weighted by molar-refractivity contribution is 5.81. The lowest BCUT2D eigenvalue weighted by Gasteiger charge is -2.04. The van der Waals surface area contributed by atoms with Gasteiger partial charge in [0.25, 0.3) is 0 Å². The van der Waals surface area contributed by atoms with Gasteiger partial charge in [0.05, 0.1) is 0 Å². The minimum Gasteiger partial charge on any atom is -0.456 e. The maximum absolute atomic E-state index is 8.28. The van der Waals surface area contributed by atoms with Crippen LogP contribution in [0.1, 0.15) is 5.76 Å². The molecule has 2 rings (SSSR count). The van der Waals surface area contributed by atoms with Gasteiger partial charge >= 0.3 is 0 Å². The molecule has 2 aromatic rings. The van der Waals surface area contributed by atoms with Crippen molar-refractivity contribution >= 4 is 16.7 Å². The summed E-state index contributed by atoms with van der Waals surface area (Å²) in [6.45, 7) is 3.65. The molecule has 1 N–H and O–H groups in total. The molecular formula is C10H8N3O-. The second-order valence-electron chi connectivity index (χ2n) is 2.84. The predicted molar refractivity (Wildman–Crippen MR) is 54.2 cm³/mol. The van der Waals surface area contributed by atoms with Crippen molar-refractivity contribution in [2.75, 3.05) is 0 Å². The van der Waals surface area contributed by atoms with Gasteiger partial charge in [-0.3, -0.25) is 5.22 Å². The van der Waals surface area contributed by atoms with Crippen molar-refractivity contribution in [3.05, 3.63) is 48.2 Å². The molecule has 0 atom stereocenters. The number of rotatable bonds is 3. The highest BCUT2D eigenvalue weighted by Crippen LogP contribution is 2.22. The van der Waals surface area contributed by atoms with E-state index in [0.29, 0.717) is 11.5 Å². The molecule has 0 spiro atoms. The van der Waals surface area contributed by atoms with E-state index < -0.39 is 0 Å². The molecule has 1 heterocycles. The SMILES string of the molecule is C=C(NN=[N-])c1cc2ccccc2o1. The number of nitrogens with one attached hydrogen (secondary N) is 1. The minimum absolute atomic E-state index is 0.420. The fourth-order valence-electron chi connectivity index (χ4n) is 1.25. The molecule has 0 radical (unpaired) electrons. The first-order valence-corrected chi connectivity index (χ1v) is 4.09. The van der Waals surface area contributed by atoms with E-state index in [1.165, 1.54) is 0 Å². The third-order valence-corrected chi connectivity index (χ3v) is 1.91. The molecular weight excluding hydrogens is 178 g/mol. The molecule has 14 heavy (non-hydrogen) atoms. The van der Waals surface area contributed by atoms with Crippen LogP contribution in [0.3, 0.4) is 0 Å². The van der Waals surface area contributed by atoms with E-state index in [1.54, 1.807) is 0 Å². The molecule has 0 unspecified atom stereocenters. The standard InChI is InChI=1S/C10H8N3O/c1-7(12-13-11)10-6-8-4-2-3-5-9(8)14-10/h2-6H,1H2,(H-,11,12)/q-1. The van der Waals surface area contributed by atoms with Crippen LogP contribution in [-0.2, 0) is 0 Å². The predicted octanol–water partition coefficient (Wildman–Crippen LogP) is 2.93. The molecule has 0 saturated heterocycles. The zero-order valence-electron chi connectivity index (χ0n) is 7.40. The fraction of sp³-hybridized carbons (Fsp3) is 0. The Hall–Kier alpha value is -2.10. The van der Waals surface area contributed by atoms with Crippen molar-refractivity contribution in [2.24, 2.45) is 5.22 Å². The topological polar surface area (TPSA) is 59.8 Å². The molecule has 70 valence electrons. The molecule has 0 saturated carbocycles. The Kier molecular flexibility index (Phi) is 2.02. The molecule has 0 aliphatic rings. The summed E-state index contributed by atoms with van der Waals surface area (Å²) in [4.78, 5) is 0. The van der Waals surface area contributed by atoms with Gasteiger partial charge in [-0.2, -0.15) is 0 Å². The Bertz CT molecular complexity index is 454. The van der Waals surface area contributed by atoms with Crippen molar-refractivity contribution in [3.63, 3.8) is 0 Å². The number of fused-ring (bicyclic) bond motifs is 1. The Labute approximate surface area is 80.7 Å². The molecule has 0 amide bonds. The van der Waals surface area contributed by atoms with Crippen LogP contribution in [0.2, 0.25) is 0 Å². The van der Waals surface area contributed by atoms with Crippen molar-refractivity contribution < 1.29 is 4.42 Å². The van der Waals surface area contributed by atoms with E-state index in [-0.39, 0.29) is 0 Å². The zero-order chi connectivity index (χ0) is 9.97. The molecule has 0 bridgehead atoms. The highest BCUT2D eigenvalue weighted by atomic mass is 16.3. The lowest BCUT2D eigenvalue weighted by atomic mass is 10.2. The molecule has 1 aromatic carbocycles. The van der Waals surface area contributed by atoms with Gasteiger partial charge in [-0.25, -0.2) is 0 Å². The lowest BCUT2D eigenvalue weighted by molar-refractivity contribution is 0.593. The van der Waals surface area contributed by atoms with Crippen molar-refractivity contribution in [2.45, 2.75) is 0 Å². The van der Waals surface area contributed by atoms with E-state index in [1.807, 2.05) is 30.3 Å². The van der Waals surface area contributed by atoms with Crippen molar-refractivity contribution in [3.8, 4) is 0 Å². The zero-order valence-corrected chi connectivity index (χ0v) is 7.40. The van der Waals surface area contributed by atoms with Gasteiger partial charge in [0.15, 0.2) is 0 Å². The summed E-state index contributed by atoms with van der Waals surface area (Å²) in [6.07, 6.45) is 0.